The van der Waals surface area contributed by atoms with Gasteiger partial charge >= 0.3 is 0 Å². The van der Waals surface area contributed by atoms with Crippen molar-refractivity contribution < 1.29 is 0 Å². The highest BCUT2D eigenvalue weighted by Gasteiger charge is 2.64. The Morgan fingerprint density at radius 1 is 0.288 bits per heavy atom. The second-order valence-corrected chi connectivity index (χ2v) is 33.7. The predicted octanol–water partition coefficient (Wildman–Crippen LogP) is 22.2. The van der Waals surface area contributed by atoms with Gasteiger partial charge in [-0.05, 0) is 203 Å². The highest BCUT2D eigenvalue weighted by atomic mass is 15.3. The van der Waals surface area contributed by atoms with Crippen molar-refractivity contribution in [2.75, 3.05) is 29.8 Å². The van der Waals surface area contributed by atoms with Crippen LogP contribution in [0.4, 0.5) is 73.9 Å². The molecule has 1 spiro atoms. The number of rotatable bonds is 11. The minimum atomic E-state index is -0.189. The molecule has 6 nitrogen and oxygen atoms in total. The monoisotopic (exact) mass is 1430 g/mol. The van der Waals surface area contributed by atoms with E-state index in [1.165, 1.54) is 245 Å². The third-order valence-corrected chi connectivity index (χ3v) is 28.2. The third-order valence-electron chi connectivity index (χ3n) is 28.2. The molecule has 3 aliphatic carbocycles. The molecule has 5 atom stereocenters. The molecule has 0 radical (unpaired) electrons. The van der Waals surface area contributed by atoms with E-state index in [1.54, 1.807) is 0 Å². The van der Waals surface area contributed by atoms with Crippen molar-refractivity contribution >= 4 is 120 Å². The molecule has 532 valence electrons. The molecule has 24 rings (SSSR count). The fraction of sp³-hybridized carbons (Fsp3) is 0.184. The molecule has 5 unspecified atom stereocenters. The number of fused-ring (bicyclic) bond motifs is 12. The van der Waals surface area contributed by atoms with Crippen molar-refractivity contribution in [3.8, 4) is 66.8 Å². The standard InChI is InChI=1S/C103H84B2N6/c1-7-28-66(29-8-1)79-44-25-45-80(67-30-9-2-10-31-67)100(79)109-92-52-21-19-50-86(92)104-88-62-89-94(63-90(88)106-91-58-77(59-95(109)98(91)104)108-75-54-55-103(65-75)64-72-56-76(108)57-85(72)103)111(102-83(70-36-15-5-16-37-70)48-27-49-84(102)71-38-17-6-18-39-71)97-61-78(107-73-40-23-41-74(107)43-24-42-73)60-96-99(97)105(89)87-51-20-22-53-93(87)110(96)101-81(68-32-11-3-12-33-68)46-26-47-82(101)69-34-13-4-14-35-69/h1-22,25-39,44-53,58-63,72-76,85,106H,23-24,40-43,54-57,64-65H2. The van der Waals surface area contributed by atoms with E-state index in [0.29, 0.717) is 29.6 Å². The maximum Gasteiger partial charge on any atom is 0.252 e. The Hall–Kier alpha value is -12.0. The zero-order valence-electron chi connectivity index (χ0n) is 62.4. The van der Waals surface area contributed by atoms with Crippen LogP contribution >= 0.6 is 0 Å². The van der Waals surface area contributed by atoms with E-state index in [1.807, 2.05) is 0 Å². The van der Waals surface area contributed by atoms with Crippen LogP contribution in [0, 0.1) is 17.3 Å². The molecule has 7 aliphatic heterocycles. The zero-order chi connectivity index (χ0) is 72.6. The van der Waals surface area contributed by atoms with Gasteiger partial charge in [0, 0.05) is 114 Å². The molecule has 3 saturated carbocycles. The van der Waals surface area contributed by atoms with Gasteiger partial charge in [0.1, 0.15) is 0 Å². The topological polar surface area (TPSA) is 28.2 Å². The molecule has 0 aromatic heterocycles. The molecule has 3 saturated heterocycles. The maximum atomic E-state index is 4.55. The summed E-state index contributed by atoms with van der Waals surface area (Å²) in [5.41, 5.74) is 38.8. The van der Waals surface area contributed by atoms with E-state index >= 15 is 0 Å². The van der Waals surface area contributed by atoms with Gasteiger partial charge in [-0.15, -0.1) is 0 Å². The van der Waals surface area contributed by atoms with Crippen molar-refractivity contribution in [3.63, 3.8) is 0 Å². The van der Waals surface area contributed by atoms with Crippen LogP contribution in [0.1, 0.15) is 77.0 Å². The minimum Gasteiger partial charge on any atom is -0.365 e. The van der Waals surface area contributed by atoms with Crippen molar-refractivity contribution in [3.05, 3.63) is 322 Å². The van der Waals surface area contributed by atoms with Gasteiger partial charge < -0.3 is 29.8 Å². The Bertz CT molecular complexity index is 5880. The van der Waals surface area contributed by atoms with Crippen molar-refractivity contribution in [2.24, 2.45) is 17.3 Å². The average Bonchev–Trinajstić information content (AvgIpc) is 0.938. The predicted molar refractivity (Wildman–Crippen MR) is 467 cm³/mol. The molecule has 7 heterocycles. The van der Waals surface area contributed by atoms with E-state index in [-0.39, 0.29) is 13.4 Å². The van der Waals surface area contributed by atoms with E-state index < -0.39 is 0 Å². The molecule has 1 N–H and O–H groups in total. The summed E-state index contributed by atoms with van der Waals surface area (Å²) in [7, 11) is 0. The molecule has 14 aromatic rings. The Labute approximate surface area is 652 Å². The summed E-state index contributed by atoms with van der Waals surface area (Å²) >= 11 is 0. The van der Waals surface area contributed by atoms with Crippen LogP contribution in [0.15, 0.2) is 322 Å². The number of nitrogens with one attached hydrogen (secondary N) is 1. The molecule has 0 amide bonds. The summed E-state index contributed by atoms with van der Waals surface area (Å²) in [6.45, 7) is -0.330. The molecule has 6 bridgehead atoms. The fourth-order valence-electron chi connectivity index (χ4n) is 23.9. The van der Waals surface area contributed by atoms with E-state index in [9.17, 15) is 0 Å². The Morgan fingerprint density at radius 2 is 0.676 bits per heavy atom. The van der Waals surface area contributed by atoms with Crippen LogP contribution in [0.5, 0.6) is 0 Å². The highest BCUT2D eigenvalue weighted by Crippen LogP contribution is 2.70. The van der Waals surface area contributed by atoms with E-state index in [0.717, 1.165) is 17.5 Å². The first kappa shape index (κ1) is 63.9. The van der Waals surface area contributed by atoms with Crippen molar-refractivity contribution in [2.45, 2.75) is 101 Å². The Kier molecular flexibility index (Phi) is 14.4. The molecular formula is C103H84B2N6. The Balaban J connectivity index is 0.814. The summed E-state index contributed by atoms with van der Waals surface area (Å²) in [6, 6.07) is 126. The van der Waals surface area contributed by atoms with Crippen LogP contribution in [0.25, 0.3) is 66.8 Å². The van der Waals surface area contributed by atoms with E-state index in [4.69, 9.17) is 0 Å². The van der Waals surface area contributed by atoms with Crippen LogP contribution in [0.3, 0.4) is 0 Å². The van der Waals surface area contributed by atoms with Gasteiger partial charge in [0.25, 0.3) is 13.4 Å². The molecular weight excluding hydrogens is 1340 g/mol. The molecule has 6 fully saturated rings. The molecule has 111 heavy (non-hydrogen) atoms. The minimum absolute atomic E-state index is 0.141. The SMILES string of the molecule is c1ccc(-c2cccc(-c3ccccc3)c2N2c3ccccc3B3c4cc5c(cc4Nc4cc(N6C7CC8CC9(CCC6C9)C8C7)cc2c43)N(c2c(-c3ccccc3)cccc2-c2ccccc2)c2cc(N3C4CCCC3CCC4)cc3c2B5c2ccccc2N3c2c(-c3ccccc3)cccc2-c2ccccc2)cc1. The first-order valence-corrected chi connectivity index (χ1v) is 41.2. The van der Waals surface area contributed by atoms with Gasteiger partial charge in [0.05, 0.1) is 17.1 Å². The average molecular weight is 1430 g/mol. The summed E-state index contributed by atoms with van der Waals surface area (Å²) in [4.78, 5) is 14.2. The quantitative estimate of drug-likeness (QED) is 0.130. The van der Waals surface area contributed by atoms with Gasteiger partial charge in [-0.3, -0.25) is 0 Å². The number of hydrogen-bond donors (Lipinski definition) is 1. The number of piperidine rings is 2. The lowest BCUT2D eigenvalue weighted by Gasteiger charge is -2.51. The number of para-hydroxylation sites is 5. The lowest BCUT2D eigenvalue weighted by Crippen LogP contribution is -2.65. The van der Waals surface area contributed by atoms with Gasteiger partial charge in [0.15, 0.2) is 0 Å². The van der Waals surface area contributed by atoms with Crippen LogP contribution < -0.4 is 62.6 Å². The first-order valence-electron chi connectivity index (χ1n) is 41.2. The largest absolute Gasteiger partial charge is 0.365 e. The van der Waals surface area contributed by atoms with Gasteiger partial charge in [-0.2, -0.15) is 0 Å². The fourth-order valence-corrected chi connectivity index (χ4v) is 23.9. The zero-order valence-corrected chi connectivity index (χ0v) is 62.4. The number of benzene rings is 14. The first-order chi connectivity index (χ1) is 55.0. The van der Waals surface area contributed by atoms with Crippen LogP contribution in [-0.4, -0.2) is 37.6 Å². The summed E-state index contributed by atoms with van der Waals surface area (Å²) in [5.74, 6) is 1.70. The van der Waals surface area contributed by atoms with Gasteiger partial charge in [-0.1, -0.05) is 279 Å². The third kappa shape index (κ3) is 9.65. The maximum absolute atomic E-state index is 4.55. The second kappa shape index (κ2) is 25.0. The van der Waals surface area contributed by atoms with E-state index in [2.05, 4.69) is 351 Å². The number of anilines is 13. The van der Waals surface area contributed by atoms with Gasteiger partial charge in [0.2, 0.25) is 0 Å². The molecule has 10 aliphatic rings. The number of nitrogens with zero attached hydrogens (tertiary/aromatic N) is 5. The second-order valence-electron chi connectivity index (χ2n) is 33.7. The summed E-state index contributed by atoms with van der Waals surface area (Å²) in [6.07, 6.45) is 15.3. The Morgan fingerprint density at radius 3 is 1.13 bits per heavy atom. The lowest BCUT2D eigenvalue weighted by molar-refractivity contribution is -0.0153. The normalized spacial score (nSPS) is 21.4. The summed E-state index contributed by atoms with van der Waals surface area (Å²) < 4.78 is 0. The summed E-state index contributed by atoms with van der Waals surface area (Å²) in [5, 5.41) is 4.55. The lowest BCUT2D eigenvalue weighted by atomic mass is 9.30. The van der Waals surface area contributed by atoms with Crippen LogP contribution in [-0.2, 0) is 0 Å². The smallest absolute Gasteiger partial charge is 0.252 e. The van der Waals surface area contributed by atoms with Crippen molar-refractivity contribution in [1.29, 1.82) is 0 Å². The number of hydrogen-bond acceptors (Lipinski definition) is 6. The van der Waals surface area contributed by atoms with Gasteiger partial charge in [-0.25, -0.2) is 0 Å². The van der Waals surface area contributed by atoms with Crippen molar-refractivity contribution in [1.82, 2.24) is 0 Å². The molecule has 14 aromatic carbocycles. The highest BCUT2D eigenvalue weighted by molar-refractivity contribution is 7.03. The van der Waals surface area contributed by atoms with Crippen LogP contribution in [0.2, 0.25) is 0 Å². The molecule has 8 heteroatoms.